The van der Waals surface area contributed by atoms with E-state index in [0.29, 0.717) is 0 Å². The lowest BCUT2D eigenvalue weighted by molar-refractivity contribution is 0.155. The van der Waals surface area contributed by atoms with Gasteiger partial charge in [-0.2, -0.15) is 0 Å². The number of aromatic nitrogens is 2. The monoisotopic (exact) mass is 236 g/mol. The molecule has 0 unspecified atom stereocenters. The molecule has 0 aliphatic carbocycles. The third kappa shape index (κ3) is 3.56. The van der Waals surface area contributed by atoms with Crippen LogP contribution in [0.5, 0.6) is 0 Å². The summed E-state index contributed by atoms with van der Waals surface area (Å²) < 4.78 is 24.5. The number of nitrogens with zero attached hydrogens (tertiary/aromatic N) is 3. The molecule has 84 valence electrons. The molecule has 1 heterocycles. The van der Waals surface area contributed by atoms with Crippen LogP contribution in [-0.2, 0) is 0 Å². The Hall–Kier alpha value is -1.01. The number of hydrogen-bond donors (Lipinski definition) is 1. The largest absolute Gasteiger partial charge is 0.348 e. The van der Waals surface area contributed by atoms with E-state index >= 15 is 0 Å². The van der Waals surface area contributed by atoms with E-state index in [1.807, 2.05) is 0 Å². The first kappa shape index (κ1) is 12.1. The summed E-state index contributed by atoms with van der Waals surface area (Å²) in [6.07, 6.45) is 0.164. The summed E-state index contributed by atoms with van der Waals surface area (Å²) in [4.78, 5) is 8.86. The molecule has 2 N–H and O–H groups in total. The van der Waals surface area contributed by atoms with Crippen LogP contribution in [0.15, 0.2) is 12.5 Å². The molecule has 0 fully saturated rings. The zero-order valence-electron chi connectivity index (χ0n) is 7.91. The summed E-state index contributed by atoms with van der Waals surface area (Å²) in [5, 5.41) is 0.242. The third-order valence-electron chi connectivity index (χ3n) is 1.71. The lowest BCUT2D eigenvalue weighted by Crippen LogP contribution is -2.34. The molecular formula is C8H11ClF2N4. The van der Waals surface area contributed by atoms with Gasteiger partial charge in [-0.25, -0.2) is 18.7 Å². The van der Waals surface area contributed by atoms with E-state index < -0.39 is 13.0 Å². The summed E-state index contributed by atoms with van der Waals surface area (Å²) in [5.41, 5.74) is 5.32. The van der Waals surface area contributed by atoms with Gasteiger partial charge >= 0.3 is 0 Å². The van der Waals surface area contributed by atoms with Crippen LogP contribution in [0.4, 0.5) is 14.6 Å². The van der Waals surface area contributed by atoms with Crippen molar-refractivity contribution in [3.8, 4) is 0 Å². The Morgan fingerprint density at radius 1 is 1.53 bits per heavy atom. The molecular weight excluding hydrogens is 226 g/mol. The number of anilines is 1. The quantitative estimate of drug-likeness (QED) is 0.834. The van der Waals surface area contributed by atoms with Crippen LogP contribution < -0.4 is 10.6 Å². The second kappa shape index (κ2) is 5.77. The van der Waals surface area contributed by atoms with Crippen molar-refractivity contribution in [2.75, 3.05) is 24.5 Å². The SMILES string of the molecule is NCCN(CC(F)F)c1ncncc1Cl. The second-order valence-corrected chi connectivity index (χ2v) is 3.23. The van der Waals surface area contributed by atoms with Gasteiger partial charge in [0, 0.05) is 13.1 Å². The van der Waals surface area contributed by atoms with Crippen LogP contribution >= 0.6 is 11.6 Å². The molecule has 0 radical (unpaired) electrons. The highest BCUT2D eigenvalue weighted by molar-refractivity contribution is 6.32. The van der Waals surface area contributed by atoms with Gasteiger partial charge in [0.05, 0.1) is 12.7 Å². The Balaban J connectivity index is 2.83. The number of alkyl halides is 2. The molecule has 1 aromatic rings. The van der Waals surface area contributed by atoms with Crippen molar-refractivity contribution in [2.24, 2.45) is 5.73 Å². The summed E-state index contributed by atoms with van der Waals surface area (Å²) in [5.74, 6) is 0.289. The summed E-state index contributed by atoms with van der Waals surface area (Å²) in [6, 6.07) is 0. The maximum atomic E-state index is 12.3. The lowest BCUT2D eigenvalue weighted by atomic mass is 10.4. The fourth-order valence-electron chi connectivity index (χ4n) is 1.14. The fourth-order valence-corrected chi connectivity index (χ4v) is 1.37. The summed E-state index contributed by atoms with van der Waals surface area (Å²) >= 11 is 5.79. The van der Waals surface area contributed by atoms with E-state index in [1.54, 1.807) is 0 Å². The highest BCUT2D eigenvalue weighted by Gasteiger charge is 2.15. The minimum atomic E-state index is -2.46. The van der Waals surface area contributed by atoms with Crippen LogP contribution in [0.1, 0.15) is 0 Å². The molecule has 0 aromatic carbocycles. The average Bonchev–Trinajstić information content (AvgIpc) is 2.17. The smallest absolute Gasteiger partial charge is 0.255 e. The van der Waals surface area contributed by atoms with Crippen LogP contribution in [-0.4, -0.2) is 36.0 Å². The van der Waals surface area contributed by atoms with Crippen LogP contribution in [0, 0.1) is 0 Å². The first-order valence-electron chi connectivity index (χ1n) is 4.33. The molecule has 0 aliphatic rings. The molecule has 0 bridgehead atoms. The van der Waals surface area contributed by atoms with Crippen LogP contribution in [0.25, 0.3) is 0 Å². The Labute approximate surface area is 91.1 Å². The average molecular weight is 237 g/mol. The molecule has 0 spiro atoms. The van der Waals surface area contributed by atoms with Gasteiger partial charge in [-0.15, -0.1) is 0 Å². The van der Waals surface area contributed by atoms with Gasteiger partial charge in [0.1, 0.15) is 11.3 Å². The predicted molar refractivity (Wildman–Crippen MR) is 54.3 cm³/mol. The fraction of sp³-hybridized carbons (Fsp3) is 0.500. The topological polar surface area (TPSA) is 55.0 Å². The van der Waals surface area contributed by atoms with Crippen molar-refractivity contribution in [1.82, 2.24) is 9.97 Å². The minimum Gasteiger partial charge on any atom is -0.348 e. The maximum absolute atomic E-state index is 12.3. The zero-order valence-corrected chi connectivity index (χ0v) is 8.66. The first-order chi connectivity index (χ1) is 7.15. The second-order valence-electron chi connectivity index (χ2n) is 2.82. The number of nitrogens with two attached hydrogens (primary N) is 1. The molecule has 0 amide bonds. The van der Waals surface area contributed by atoms with Gasteiger partial charge in [-0.1, -0.05) is 11.6 Å². The molecule has 1 aromatic heterocycles. The van der Waals surface area contributed by atoms with Gasteiger partial charge in [0.25, 0.3) is 6.43 Å². The number of hydrogen-bond acceptors (Lipinski definition) is 4. The summed E-state index contributed by atoms with van der Waals surface area (Å²) in [7, 11) is 0. The molecule has 7 heteroatoms. The van der Waals surface area contributed by atoms with Crippen LogP contribution in [0.2, 0.25) is 5.02 Å². The highest BCUT2D eigenvalue weighted by atomic mass is 35.5. The third-order valence-corrected chi connectivity index (χ3v) is 1.97. The minimum absolute atomic E-state index is 0.242. The van der Waals surface area contributed by atoms with Crippen molar-refractivity contribution in [3.63, 3.8) is 0 Å². The molecule has 0 aliphatic heterocycles. The Morgan fingerprint density at radius 2 is 2.27 bits per heavy atom. The predicted octanol–water partition coefficient (Wildman–Crippen LogP) is 1.16. The van der Waals surface area contributed by atoms with Crippen molar-refractivity contribution in [3.05, 3.63) is 17.5 Å². The van der Waals surface area contributed by atoms with Crippen molar-refractivity contribution in [1.29, 1.82) is 0 Å². The van der Waals surface area contributed by atoms with E-state index in [0.717, 1.165) is 0 Å². The standard InChI is InChI=1S/C8H11ClF2N4/c9-6-3-13-5-14-8(6)15(2-1-12)4-7(10)11/h3,5,7H,1-2,4,12H2. The van der Waals surface area contributed by atoms with Gasteiger partial charge in [-0.05, 0) is 0 Å². The van der Waals surface area contributed by atoms with E-state index in [1.165, 1.54) is 17.4 Å². The molecule has 1 rings (SSSR count). The molecule has 15 heavy (non-hydrogen) atoms. The van der Waals surface area contributed by atoms with Gasteiger partial charge < -0.3 is 10.6 Å². The molecule has 4 nitrogen and oxygen atoms in total. The Kier molecular flexibility index (Phi) is 4.64. The molecule has 0 saturated carbocycles. The zero-order chi connectivity index (χ0) is 11.3. The number of halogens is 3. The highest BCUT2D eigenvalue weighted by Crippen LogP contribution is 2.21. The van der Waals surface area contributed by atoms with E-state index in [9.17, 15) is 8.78 Å². The van der Waals surface area contributed by atoms with Crippen molar-refractivity contribution >= 4 is 17.4 Å². The van der Waals surface area contributed by atoms with Crippen molar-refractivity contribution in [2.45, 2.75) is 6.43 Å². The Morgan fingerprint density at radius 3 is 2.80 bits per heavy atom. The van der Waals surface area contributed by atoms with Gasteiger partial charge in [0.2, 0.25) is 0 Å². The first-order valence-corrected chi connectivity index (χ1v) is 4.71. The maximum Gasteiger partial charge on any atom is 0.255 e. The van der Waals surface area contributed by atoms with E-state index in [4.69, 9.17) is 17.3 Å². The van der Waals surface area contributed by atoms with Gasteiger partial charge in [-0.3, -0.25) is 0 Å². The summed E-state index contributed by atoms with van der Waals surface area (Å²) in [6.45, 7) is 0.0993. The van der Waals surface area contributed by atoms with Gasteiger partial charge in [0.15, 0.2) is 5.82 Å². The molecule has 0 atom stereocenters. The van der Waals surface area contributed by atoms with Crippen molar-refractivity contribution < 1.29 is 8.78 Å². The Bertz CT molecular complexity index is 310. The van der Waals surface area contributed by atoms with E-state index in [-0.39, 0.29) is 23.9 Å². The lowest BCUT2D eigenvalue weighted by Gasteiger charge is -2.22. The normalized spacial score (nSPS) is 10.7. The van der Waals surface area contributed by atoms with E-state index in [2.05, 4.69) is 9.97 Å². The number of rotatable bonds is 5. The van der Waals surface area contributed by atoms with Crippen LogP contribution in [0.3, 0.4) is 0 Å². The molecule has 0 saturated heterocycles.